The van der Waals surface area contributed by atoms with E-state index in [-0.39, 0.29) is 10.8 Å². The van der Waals surface area contributed by atoms with E-state index in [2.05, 4.69) is 182 Å². The van der Waals surface area contributed by atoms with Crippen LogP contribution in [0.15, 0.2) is 97.1 Å². The molecule has 0 aliphatic carbocycles. The third kappa shape index (κ3) is 15.5. The van der Waals surface area contributed by atoms with Gasteiger partial charge >= 0.3 is 40.1 Å². The molecular weight excluding hydrogens is 775 g/mol. The summed E-state index contributed by atoms with van der Waals surface area (Å²) in [6.07, 6.45) is 0. The largest absolute Gasteiger partial charge is 0.214 e. The summed E-state index contributed by atoms with van der Waals surface area (Å²) in [5.74, 6) is 1.17. The molecule has 0 saturated carbocycles. The van der Waals surface area contributed by atoms with Gasteiger partial charge in [-0.3, -0.25) is 0 Å². The van der Waals surface area contributed by atoms with Crippen LogP contribution in [0, 0.1) is 53.4 Å². The number of halogens is 2. The van der Waals surface area contributed by atoms with Crippen LogP contribution < -0.4 is 0 Å². The van der Waals surface area contributed by atoms with Crippen molar-refractivity contribution in [3.8, 4) is 22.3 Å². The average molecular weight is 841 g/mol. The molecule has 0 fully saturated rings. The molecule has 54 heavy (non-hydrogen) atoms. The summed E-state index contributed by atoms with van der Waals surface area (Å²) in [5, 5.41) is 5.39. The van der Waals surface area contributed by atoms with Crippen LogP contribution >= 0.6 is 17.0 Å². The van der Waals surface area contributed by atoms with Crippen LogP contribution in [0.3, 0.4) is 0 Å². The summed E-state index contributed by atoms with van der Waals surface area (Å²) in [7, 11) is 10.3. The average Bonchev–Trinajstić information content (AvgIpc) is 3.69. The molecule has 0 N–H and O–H groups in total. The maximum absolute atomic E-state index is 5.13. The number of fused-ring (bicyclic) bond motifs is 3. The van der Waals surface area contributed by atoms with E-state index in [1.807, 2.05) is 30.3 Å². The summed E-state index contributed by atoms with van der Waals surface area (Å²) in [6.45, 7) is 38.3. The third-order valence-electron chi connectivity index (χ3n) is 8.22. The van der Waals surface area contributed by atoms with Crippen LogP contribution in [0.2, 0.25) is 0 Å². The summed E-state index contributed by atoms with van der Waals surface area (Å²) in [6, 6.07) is 36.1. The minimum Gasteiger partial charge on any atom is -0.214 e. The third-order valence-corrected chi connectivity index (χ3v) is 8.22. The molecule has 0 nitrogen and oxygen atoms in total. The van der Waals surface area contributed by atoms with Gasteiger partial charge in [-0.2, -0.15) is 30.0 Å². The van der Waals surface area contributed by atoms with E-state index >= 15 is 0 Å². The fourth-order valence-electron chi connectivity index (χ4n) is 6.41. The zero-order chi connectivity index (χ0) is 41.1. The second-order valence-corrected chi connectivity index (χ2v) is 25.7. The molecule has 0 aromatic heterocycles. The first kappa shape index (κ1) is 47.6. The van der Waals surface area contributed by atoms with E-state index in [1.165, 1.54) is 77.2 Å². The van der Waals surface area contributed by atoms with Gasteiger partial charge in [0.15, 0.2) is 0 Å². The quantitative estimate of drug-likeness (QED) is 0.152. The van der Waals surface area contributed by atoms with Crippen LogP contribution in [-0.2, 0) is 29.7 Å². The van der Waals surface area contributed by atoms with Crippen molar-refractivity contribution < 1.29 is 18.9 Å². The number of rotatable bonds is 2. The van der Waals surface area contributed by atoms with Gasteiger partial charge in [0.2, 0.25) is 0 Å². The van der Waals surface area contributed by atoms with Crippen LogP contribution in [0.4, 0.5) is 0 Å². The molecule has 0 unspecified atom stereocenters. The fraction of sp³-hybridized carbons (Fsp3) is 0.353. The van der Waals surface area contributed by atoms with E-state index < -0.39 is 18.9 Å². The standard InChI is InChI=1S/C37H41.C5H5.2C4H9.CH2.2ClH.Zr/c1-22-11-23(2)14-26(13-22)32-18-28-17-29-19-33(27-15-24(3)12-25(4)16-27)35(37(8,9)10)21-31(29)30(28)20-34(32)36(5,6)7;1-2-4-5-3-1;2*1-4(2)3;;;;/h11-21H,1-10H3;1-5H;2*4H,1H2,2-3H3;1H2;2*1H;/q4*-1;;;;+2/p-2. The van der Waals surface area contributed by atoms with Crippen LogP contribution in [0.1, 0.15) is 103 Å². The van der Waals surface area contributed by atoms with Crippen LogP contribution in [0.5, 0.6) is 0 Å². The van der Waals surface area contributed by atoms with E-state index in [0.29, 0.717) is 11.8 Å². The minimum absolute atomic E-state index is 0.0384. The molecule has 0 aliphatic heterocycles. The van der Waals surface area contributed by atoms with Crippen molar-refractivity contribution in [1.29, 1.82) is 0 Å². The Kier molecular flexibility index (Phi) is 18.6. The van der Waals surface area contributed by atoms with Crippen LogP contribution in [0.25, 0.3) is 43.8 Å². The van der Waals surface area contributed by atoms with Gasteiger partial charge in [0.25, 0.3) is 0 Å². The molecule has 0 atom stereocenters. The SMILES string of the molecule is Cc1cc(C)cc(-c2cc3[cH-]c4cc(-c5cc(C)cc(C)c5)c(C(C)(C)C)cc4c3cc2C(C)(C)C)c1.[CH2-]C(C)C.[CH2-]C(C)C.[CH2]=[Zr]([Cl])[Cl].c1cc[cH-]c1. The predicted octanol–water partition coefficient (Wildman–Crippen LogP) is 16.6. The zero-order valence-corrected chi connectivity index (χ0v) is 39.7. The molecule has 0 heterocycles. The molecule has 3 heteroatoms. The van der Waals surface area contributed by atoms with Gasteiger partial charge in [-0.05, 0) is 71.9 Å². The Morgan fingerprint density at radius 3 is 1.06 bits per heavy atom. The number of benzene rings is 4. The van der Waals surface area contributed by atoms with Gasteiger partial charge in [0.05, 0.1) is 0 Å². The second kappa shape index (κ2) is 21.1. The Balaban J connectivity index is 0.000000494. The van der Waals surface area contributed by atoms with Crippen molar-refractivity contribution in [1.82, 2.24) is 0 Å². The van der Waals surface area contributed by atoms with Gasteiger partial charge in [-0.1, -0.05) is 140 Å². The Hall–Kier alpha value is -2.57. The second-order valence-electron chi connectivity index (χ2n) is 17.5. The monoisotopic (exact) mass is 838 g/mol. The molecule has 0 amide bonds. The van der Waals surface area contributed by atoms with Gasteiger partial charge < -0.3 is 13.8 Å². The Morgan fingerprint density at radius 2 is 0.833 bits per heavy atom. The summed E-state index contributed by atoms with van der Waals surface area (Å²) in [4.78, 5) is 0. The number of hydrogen-bond donors (Lipinski definition) is 0. The van der Waals surface area contributed by atoms with Crippen LogP contribution in [-0.4, -0.2) is 4.21 Å². The first-order chi connectivity index (χ1) is 24.9. The zero-order valence-electron chi connectivity index (χ0n) is 35.8. The molecule has 0 aliphatic rings. The normalized spacial score (nSPS) is 11.2. The summed E-state index contributed by atoms with van der Waals surface area (Å²) >= 11 is -1.85. The molecule has 6 rings (SSSR count). The molecule has 6 aromatic carbocycles. The van der Waals surface area contributed by atoms with E-state index in [4.69, 9.17) is 17.0 Å². The molecule has 0 spiro atoms. The first-order valence-electron chi connectivity index (χ1n) is 19.1. The van der Waals surface area contributed by atoms with Crippen molar-refractivity contribution in [2.24, 2.45) is 11.8 Å². The first-order valence-corrected chi connectivity index (χ1v) is 27.2. The van der Waals surface area contributed by atoms with Crippen molar-refractivity contribution in [2.75, 3.05) is 0 Å². The number of aryl methyl sites for hydroxylation is 4. The van der Waals surface area contributed by atoms with E-state index in [1.54, 1.807) is 0 Å². The van der Waals surface area contributed by atoms with Crippen molar-refractivity contribution in [3.05, 3.63) is 144 Å². The summed E-state index contributed by atoms with van der Waals surface area (Å²) < 4.78 is 3.37. The Morgan fingerprint density at radius 1 is 0.556 bits per heavy atom. The van der Waals surface area contributed by atoms with E-state index in [0.717, 1.165) is 0 Å². The van der Waals surface area contributed by atoms with Gasteiger partial charge in [0.1, 0.15) is 0 Å². The fourth-order valence-corrected chi connectivity index (χ4v) is 6.41. The Bertz CT molecular complexity index is 1880. The van der Waals surface area contributed by atoms with Crippen molar-refractivity contribution in [2.45, 2.75) is 108 Å². The maximum atomic E-state index is 5.13. The van der Waals surface area contributed by atoms with E-state index in [9.17, 15) is 0 Å². The predicted molar refractivity (Wildman–Crippen MR) is 246 cm³/mol. The van der Waals surface area contributed by atoms with Gasteiger partial charge in [-0.25, -0.2) is 12.1 Å². The van der Waals surface area contributed by atoms with Gasteiger partial charge in [0, 0.05) is 0 Å². The number of hydrogen-bond acceptors (Lipinski definition) is 0. The maximum Gasteiger partial charge on any atom is -0.172 e. The smallest absolute Gasteiger partial charge is 0.172 e. The topological polar surface area (TPSA) is 0 Å². The molecule has 292 valence electrons. The summed E-state index contributed by atoms with van der Waals surface area (Å²) in [5.41, 5.74) is 13.5. The Labute approximate surface area is 345 Å². The molecule has 0 bridgehead atoms. The van der Waals surface area contributed by atoms with Gasteiger partial charge in [-0.15, -0.1) is 39.7 Å². The van der Waals surface area contributed by atoms with Crippen molar-refractivity contribution >= 4 is 42.8 Å². The molecular formula is C51H66Cl2Zr-4. The minimum atomic E-state index is -1.85. The molecule has 0 saturated heterocycles. The molecule has 0 radical (unpaired) electrons. The molecule has 6 aromatic rings. The van der Waals surface area contributed by atoms with Crippen molar-refractivity contribution in [3.63, 3.8) is 0 Å².